The highest BCUT2D eigenvalue weighted by Gasteiger charge is 2.33. The number of carbonyl (C=O) groups is 3. The van der Waals surface area contributed by atoms with Crippen LogP contribution in [0.15, 0.2) is 86.0 Å². The largest absolute Gasteiger partial charge is 0.481 e. The molecule has 0 aliphatic carbocycles. The first-order chi connectivity index (χ1) is 29.6. The first kappa shape index (κ1) is 40.9. The van der Waals surface area contributed by atoms with Crippen molar-refractivity contribution < 1.29 is 43.0 Å². The Morgan fingerprint density at radius 1 is 0.508 bits per heavy atom. The van der Waals surface area contributed by atoms with Gasteiger partial charge in [-0.2, -0.15) is 0 Å². The number of hydrogen-bond donors (Lipinski definition) is 6. The van der Waals surface area contributed by atoms with Gasteiger partial charge in [-0.05, 0) is 167 Å². The first-order valence-corrected chi connectivity index (χ1v) is 21.7. The normalized spacial score (nSPS) is 20.9. The maximum absolute atomic E-state index is 12.2. The van der Waals surface area contributed by atoms with Gasteiger partial charge < -0.3 is 44.5 Å². The highest BCUT2D eigenvalue weighted by molar-refractivity contribution is 5.81. The molecule has 3 aromatic carbocycles. The van der Waals surface area contributed by atoms with Gasteiger partial charge in [0, 0.05) is 16.2 Å². The lowest BCUT2D eigenvalue weighted by molar-refractivity contribution is -0.144. The Labute approximate surface area is 353 Å². The van der Waals surface area contributed by atoms with Gasteiger partial charge in [0.25, 0.3) is 0 Å². The van der Waals surface area contributed by atoms with Crippen LogP contribution in [0.2, 0.25) is 0 Å². The summed E-state index contributed by atoms with van der Waals surface area (Å²) >= 11 is 0. The van der Waals surface area contributed by atoms with E-state index in [4.69, 9.17) is 13.3 Å². The molecule has 6 N–H and O–H groups in total. The van der Waals surface area contributed by atoms with Gasteiger partial charge in [-0.3, -0.25) is 19.3 Å². The first-order valence-electron chi connectivity index (χ1n) is 21.7. The van der Waals surface area contributed by atoms with Crippen LogP contribution in [0, 0.1) is 35.5 Å². The van der Waals surface area contributed by atoms with Gasteiger partial charge in [0.15, 0.2) is 0 Å². The number of hydrogen-bond acceptors (Lipinski definition) is 10. The molecule has 3 saturated heterocycles. The van der Waals surface area contributed by atoms with Crippen LogP contribution in [0.1, 0.15) is 53.2 Å². The van der Waals surface area contributed by atoms with Crippen molar-refractivity contribution in [1.82, 2.24) is 20.9 Å². The van der Waals surface area contributed by atoms with Crippen LogP contribution in [-0.4, -0.2) is 77.4 Å². The Morgan fingerprint density at radius 2 is 0.820 bits per heavy atom. The molecule has 6 aromatic rings. The van der Waals surface area contributed by atoms with E-state index in [2.05, 4.69) is 20.9 Å². The summed E-state index contributed by atoms with van der Waals surface area (Å²) in [5.41, 5.74) is 5.06. The van der Waals surface area contributed by atoms with Gasteiger partial charge >= 0.3 is 17.9 Å². The van der Waals surface area contributed by atoms with Crippen molar-refractivity contribution in [3.63, 3.8) is 0 Å². The molecule has 3 aromatic heterocycles. The van der Waals surface area contributed by atoms with Crippen molar-refractivity contribution in [2.24, 2.45) is 35.5 Å². The van der Waals surface area contributed by atoms with E-state index in [0.717, 1.165) is 125 Å². The summed E-state index contributed by atoms with van der Waals surface area (Å²) in [5.74, 6) is -1.16. The molecule has 0 radical (unpaired) electrons. The molecule has 61 heavy (non-hydrogen) atoms. The summed E-state index contributed by atoms with van der Waals surface area (Å²) in [4.78, 5) is 38.9. The third-order valence-electron chi connectivity index (χ3n) is 13.4. The number of rotatable bonds is 18. The van der Waals surface area contributed by atoms with Gasteiger partial charge in [0.05, 0.1) is 37.4 Å². The van der Waals surface area contributed by atoms with Crippen molar-refractivity contribution >= 4 is 50.8 Å². The number of carboxylic acid groups (broad SMARTS) is 3. The SMILES string of the molecule is O=C(O)C(Cc1ccc2oc(CN(Cc3cc4cc(CC(C(=O)O)C5CCNC5)ccc4o3)Cc3cc4cc(CC(C(=O)O)C5CCNC5)ccc4o3)cc2c1)C1CCNC1. The fraction of sp³-hybridized carbons (Fsp3) is 0.438. The van der Waals surface area contributed by atoms with Crippen LogP contribution in [0.5, 0.6) is 0 Å². The molecular formula is C48H54N4O9. The highest BCUT2D eigenvalue weighted by Crippen LogP contribution is 2.32. The van der Waals surface area contributed by atoms with Crippen LogP contribution in [0.25, 0.3) is 32.9 Å². The number of nitrogens with zero attached hydrogens (tertiary/aromatic N) is 1. The van der Waals surface area contributed by atoms with Crippen molar-refractivity contribution in [3.05, 3.63) is 107 Å². The number of carboxylic acids is 3. The Balaban J connectivity index is 0.968. The second-order valence-electron chi connectivity index (χ2n) is 17.6. The number of benzene rings is 3. The minimum Gasteiger partial charge on any atom is -0.481 e. The van der Waals surface area contributed by atoms with E-state index in [-0.39, 0.29) is 17.8 Å². The third kappa shape index (κ3) is 9.40. The van der Waals surface area contributed by atoms with Crippen molar-refractivity contribution in [2.75, 3.05) is 39.3 Å². The molecule has 3 aliphatic rings. The van der Waals surface area contributed by atoms with Crippen LogP contribution in [-0.2, 0) is 53.3 Å². The molecule has 13 heteroatoms. The predicted molar refractivity (Wildman–Crippen MR) is 229 cm³/mol. The average Bonchev–Trinajstić information content (AvgIpc) is 4.09. The highest BCUT2D eigenvalue weighted by atomic mass is 16.4. The van der Waals surface area contributed by atoms with Gasteiger partial charge in [0.1, 0.15) is 34.0 Å². The molecule has 6 unspecified atom stereocenters. The molecule has 3 fully saturated rings. The molecule has 3 aliphatic heterocycles. The van der Waals surface area contributed by atoms with Crippen LogP contribution < -0.4 is 16.0 Å². The summed E-state index contributed by atoms with van der Waals surface area (Å²) < 4.78 is 19.2. The number of furan rings is 3. The Kier molecular flexibility index (Phi) is 12.0. The Hall–Kier alpha value is -5.47. The lowest BCUT2D eigenvalue weighted by atomic mass is 9.86. The summed E-state index contributed by atoms with van der Waals surface area (Å²) in [5, 5.41) is 42.8. The van der Waals surface area contributed by atoms with Crippen molar-refractivity contribution in [1.29, 1.82) is 0 Å². The quantitative estimate of drug-likeness (QED) is 0.0538. The van der Waals surface area contributed by atoms with E-state index in [1.165, 1.54) is 0 Å². The van der Waals surface area contributed by atoms with Crippen LogP contribution in [0.4, 0.5) is 0 Å². The predicted octanol–water partition coefficient (Wildman–Crippen LogP) is 6.69. The summed E-state index contributed by atoms with van der Waals surface area (Å²) in [6.45, 7) is 5.95. The van der Waals surface area contributed by atoms with Gasteiger partial charge in [0.2, 0.25) is 0 Å². The van der Waals surface area contributed by atoms with E-state index >= 15 is 0 Å². The number of fused-ring (bicyclic) bond motifs is 3. The molecule has 320 valence electrons. The molecule has 0 amide bonds. The van der Waals surface area contributed by atoms with Crippen LogP contribution in [0.3, 0.4) is 0 Å². The van der Waals surface area contributed by atoms with Gasteiger partial charge in [-0.15, -0.1) is 0 Å². The Bertz CT molecular complexity index is 2240. The maximum atomic E-state index is 12.2. The fourth-order valence-corrected chi connectivity index (χ4v) is 10.1. The molecule has 9 rings (SSSR count). The maximum Gasteiger partial charge on any atom is 0.307 e. The van der Waals surface area contributed by atoms with Gasteiger partial charge in [-0.1, -0.05) is 18.2 Å². The zero-order valence-electron chi connectivity index (χ0n) is 34.2. The summed E-state index contributed by atoms with van der Waals surface area (Å²) in [6, 6.07) is 23.8. The molecular weight excluding hydrogens is 777 g/mol. The smallest absolute Gasteiger partial charge is 0.307 e. The standard InChI is InChI=1S/C48H54N4O9/c53-46(54)40(31-7-10-49-22-31)16-28-1-4-43-34(13-28)19-37(59-43)25-52(26-38-20-35-14-29(2-5-44(35)60-38)17-41(47(55)56)32-8-11-50-23-32)27-39-21-36-15-30(3-6-45(36)61-39)18-42(48(57)58)33-9-12-51-24-33/h1-6,13-15,19-21,31-33,40-42,49-51H,7-12,16-18,22-27H2,(H,53,54)(H,55,56)(H,57,58). The minimum absolute atomic E-state index is 0.101. The van der Waals surface area contributed by atoms with E-state index in [1.807, 2.05) is 72.8 Å². The Morgan fingerprint density at radius 3 is 1.08 bits per heavy atom. The lowest BCUT2D eigenvalue weighted by Crippen LogP contribution is -2.27. The lowest BCUT2D eigenvalue weighted by Gasteiger charge is -2.18. The third-order valence-corrected chi connectivity index (χ3v) is 13.4. The molecule has 13 nitrogen and oxygen atoms in total. The topological polar surface area (TPSA) is 191 Å². The minimum atomic E-state index is -0.766. The van der Waals surface area contributed by atoms with Crippen LogP contribution >= 0.6 is 0 Å². The van der Waals surface area contributed by atoms with Crippen molar-refractivity contribution in [2.45, 2.75) is 58.2 Å². The molecule has 0 spiro atoms. The van der Waals surface area contributed by atoms with Gasteiger partial charge in [-0.25, -0.2) is 0 Å². The van der Waals surface area contributed by atoms with E-state index in [9.17, 15) is 29.7 Å². The monoisotopic (exact) mass is 830 g/mol. The zero-order chi connectivity index (χ0) is 42.0. The fourth-order valence-electron chi connectivity index (χ4n) is 10.1. The average molecular weight is 831 g/mol. The number of nitrogens with one attached hydrogen (secondary N) is 3. The second kappa shape index (κ2) is 17.9. The van der Waals surface area contributed by atoms with E-state index < -0.39 is 35.7 Å². The van der Waals surface area contributed by atoms with E-state index in [0.29, 0.717) is 38.9 Å². The van der Waals surface area contributed by atoms with E-state index in [1.54, 1.807) is 0 Å². The molecule has 0 saturated carbocycles. The van der Waals surface area contributed by atoms with Crippen molar-refractivity contribution in [3.8, 4) is 0 Å². The number of aliphatic carboxylic acids is 3. The summed E-state index contributed by atoms with van der Waals surface area (Å²) in [6.07, 6.45) is 3.93. The molecule has 6 atom stereocenters. The second-order valence-corrected chi connectivity index (χ2v) is 17.6. The zero-order valence-corrected chi connectivity index (χ0v) is 34.2. The molecule has 0 bridgehead atoms. The summed E-state index contributed by atoms with van der Waals surface area (Å²) in [7, 11) is 0. The molecule has 6 heterocycles.